The van der Waals surface area contributed by atoms with Crippen LogP contribution in [0, 0.1) is 0 Å². The molecular formula is C12H20N4O2. The van der Waals surface area contributed by atoms with Crippen LogP contribution in [0.25, 0.3) is 0 Å². The van der Waals surface area contributed by atoms with Crippen molar-refractivity contribution in [3.05, 3.63) is 0 Å². The molecular weight excluding hydrogens is 232 g/mol. The molecule has 18 heavy (non-hydrogen) atoms. The Morgan fingerprint density at radius 3 is 2.72 bits per heavy atom. The highest BCUT2D eigenvalue weighted by Crippen LogP contribution is 2.22. The van der Waals surface area contributed by atoms with E-state index in [1.165, 1.54) is 11.2 Å². The van der Waals surface area contributed by atoms with Crippen LogP contribution in [0.2, 0.25) is 0 Å². The van der Waals surface area contributed by atoms with Gasteiger partial charge in [0.05, 0.1) is 6.34 Å². The second kappa shape index (κ2) is 5.37. The number of hydrogen-bond acceptors (Lipinski definition) is 4. The second-order valence-electron chi connectivity index (χ2n) is 4.66. The normalized spacial score (nSPS) is 26.6. The van der Waals surface area contributed by atoms with Crippen LogP contribution < -0.4 is 5.32 Å². The molecule has 0 aromatic carbocycles. The fraction of sp³-hybridized carbons (Fsp3) is 0.750. The average Bonchev–Trinajstić information content (AvgIpc) is 2.84. The second-order valence-corrected chi connectivity index (χ2v) is 4.66. The number of fused-ring (bicyclic) bond motifs is 1. The Bertz CT molecular complexity index is 369. The number of unbranched alkanes of at least 4 members (excludes halogenated alkanes) is 1. The fourth-order valence-corrected chi connectivity index (χ4v) is 2.35. The van der Waals surface area contributed by atoms with Crippen molar-refractivity contribution in [1.82, 2.24) is 15.1 Å². The van der Waals surface area contributed by atoms with E-state index in [4.69, 9.17) is 0 Å². The van der Waals surface area contributed by atoms with Crippen LogP contribution in [0.4, 0.5) is 4.79 Å². The number of hydrogen-bond donors (Lipinski definition) is 1. The minimum atomic E-state index is -0.397. The molecule has 100 valence electrons. The van der Waals surface area contributed by atoms with Gasteiger partial charge in [0.25, 0.3) is 5.91 Å². The van der Waals surface area contributed by atoms with Crippen molar-refractivity contribution in [3.8, 4) is 0 Å². The number of rotatable bonds is 5. The lowest BCUT2D eigenvalue weighted by atomic mass is 10.1. The third-order valence-electron chi connectivity index (χ3n) is 3.31. The van der Waals surface area contributed by atoms with E-state index in [1.54, 1.807) is 4.90 Å². The van der Waals surface area contributed by atoms with Crippen LogP contribution in [0.5, 0.6) is 0 Å². The Hall–Kier alpha value is -1.59. The summed E-state index contributed by atoms with van der Waals surface area (Å²) in [6.07, 6.45) is 3.84. The van der Waals surface area contributed by atoms with Crippen LogP contribution in [0.15, 0.2) is 4.99 Å². The Labute approximate surface area is 107 Å². The molecule has 0 aliphatic carbocycles. The molecule has 0 spiro atoms. The van der Waals surface area contributed by atoms with E-state index < -0.39 is 6.04 Å². The van der Waals surface area contributed by atoms with Crippen LogP contribution >= 0.6 is 0 Å². The van der Waals surface area contributed by atoms with E-state index >= 15 is 0 Å². The number of aliphatic imine (C=N–C) groups is 1. The van der Waals surface area contributed by atoms with Crippen LogP contribution in [-0.4, -0.2) is 53.4 Å². The summed E-state index contributed by atoms with van der Waals surface area (Å²) < 4.78 is 0. The van der Waals surface area contributed by atoms with Gasteiger partial charge in [0.1, 0.15) is 6.04 Å². The number of carbonyl (C=O) groups excluding carboxylic acids is 2. The summed E-state index contributed by atoms with van der Waals surface area (Å²) >= 11 is 0. The molecule has 0 aromatic rings. The average molecular weight is 252 g/mol. The first-order valence-electron chi connectivity index (χ1n) is 6.60. The molecule has 1 fully saturated rings. The summed E-state index contributed by atoms with van der Waals surface area (Å²) in [6.45, 7) is 5.19. The monoisotopic (exact) mass is 252 g/mol. The first-order valence-corrected chi connectivity index (χ1v) is 6.60. The summed E-state index contributed by atoms with van der Waals surface area (Å²) in [5.74, 6) is -0.150. The van der Waals surface area contributed by atoms with Crippen LogP contribution in [0.3, 0.4) is 0 Å². The van der Waals surface area contributed by atoms with Crippen molar-refractivity contribution < 1.29 is 9.59 Å². The van der Waals surface area contributed by atoms with Gasteiger partial charge in [-0.05, 0) is 12.8 Å². The smallest absolute Gasteiger partial charge is 0.328 e. The molecule has 6 nitrogen and oxygen atoms in total. The third kappa shape index (κ3) is 2.07. The van der Waals surface area contributed by atoms with E-state index in [9.17, 15) is 9.59 Å². The highest BCUT2D eigenvalue weighted by molar-refractivity contribution is 6.02. The summed E-state index contributed by atoms with van der Waals surface area (Å²) in [7, 11) is 0. The van der Waals surface area contributed by atoms with Crippen molar-refractivity contribution in [2.24, 2.45) is 4.99 Å². The third-order valence-corrected chi connectivity index (χ3v) is 3.31. The number of nitrogens with one attached hydrogen (secondary N) is 1. The molecule has 0 saturated carbocycles. The van der Waals surface area contributed by atoms with E-state index in [0.29, 0.717) is 13.1 Å². The maximum absolute atomic E-state index is 12.3. The first-order chi connectivity index (χ1) is 8.70. The number of imide groups is 1. The lowest BCUT2D eigenvalue weighted by Crippen LogP contribution is -2.65. The Morgan fingerprint density at radius 2 is 2.06 bits per heavy atom. The molecule has 6 heteroatoms. The largest absolute Gasteiger partial charge is 0.362 e. The maximum atomic E-state index is 12.3. The van der Waals surface area contributed by atoms with Gasteiger partial charge in [0, 0.05) is 13.1 Å². The molecule has 2 atom stereocenters. The molecule has 0 bridgehead atoms. The van der Waals surface area contributed by atoms with Crippen molar-refractivity contribution in [2.45, 2.75) is 45.3 Å². The van der Waals surface area contributed by atoms with E-state index in [0.717, 1.165) is 19.3 Å². The zero-order chi connectivity index (χ0) is 13.1. The molecule has 2 aliphatic rings. The van der Waals surface area contributed by atoms with Crippen molar-refractivity contribution in [3.63, 3.8) is 0 Å². The minimum absolute atomic E-state index is 0.150. The van der Waals surface area contributed by atoms with Gasteiger partial charge in [-0.2, -0.15) is 0 Å². The number of urea groups is 1. The van der Waals surface area contributed by atoms with Crippen molar-refractivity contribution in [2.75, 3.05) is 13.1 Å². The van der Waals surface area contributed by atoms with Gasteiger partial charge in [-0.1, -0.05) is 20.3 Å². The quantitative estimate of drug-likeness (QED) is 0.786. The summed E-state index contributed by atoms with van der Waals surface area (Å²) in [5, 5.41) is 2.95. The predicted octanol–water partition coefficient (Wildman–Crippen LogP) is 0.787. The number of nitrogens with zero attached hydrogens (tertiary/aromatic N) is 3. The Kier molecular flexibility index (Phi) is 3.84. The highest BCUT2D eigenvalue weighted by Gasteiger charge is 2.47. The molecule has 2 unspecified atom stereocenters. The summed E-state index contributed by atoms with van der Waals surface area (Å²) in [4.78, 5) is 31.8. The van der Waals surface area contributed by atoms with Crippen LogP contribution in [0.1, 0.15) is 33.1 Å². The molecule has 1 saturated heterocycles. The Morgan fingerprint density at radius 1 is 1.28 bits per heavy atom. The standard InChI is InChI=1S/C12H20N4O2/c1-3-5-7-16-11(17)9-10(14-8-13-9)15(6-4-2)12(16)18/h8-10H,3-7H2,1-2H3,(H,13,14). The van der Waals surface area contributed by atoms with E-state index in [1.807, 2.05) is 13.8 Å². The lowest BCUT2D eigenvalue weighted by Gasteiger charge is -2.40. The molecule has 2 heterocycles. The number of amides is 3. The molecule has 2 aliphatic heterocycles. The Balaban J connectivity index is 2.17. The van der Waals surface area contributed by atoms with E-state index in [-0.39, 0.29) is 18.1 Å². The molecule has 0 aromatic heterocycles. The lowest BCUT2D eigenvalue weighted by molar-refractivity contribution is -0.134. The minimum Gasteiger partial charge on any atom is -0.362 e. The van der Waals surface area contributed by atoms with Crippen LogP contribution in [-0.2, 0) is 4.79 Å². The molecule has 0 radical (unpaired) electrons. The van der Waals surface area contributed by atoms with Gasteiger partial charge < -0.3 is 5.32 Å². The van der Waals surface area contributed by atoms with Gasteiger partial charge in [0.2, 0.25) is 0 Å². The molecule has 1 N–H and O–H groups in total. The van der Waals surface area contributed by atoms with Gasteiger partial charge in [-0.25, -0.2) is 9.79 Å². The molecule has 2 rings (SSSR count). The molecule has 3 amide bonds. The first kappa shape index (κ1) is 12.9. The number of carbonyl (C=O) groups is 2. The predicted molar refractivity (Wildman–Crippen MR) is 68.2 cm³/mol. The topological polar surface area (TPSA) is 65.0 Å². The van der Waals surface area contributed by atoms with Crippen molar-refractivity contribution in [1.29, 1.82) is 0 Å². The van der Waals surface area contributed by atoms with Gasteiger partial charge >= 0.3 is 6.03 Å². The SMILES string of the molecule is CCCCN1C(=O)C2NC=NC2N(CCC)C1=O. The van der Waals surface area contributed by atoms with Gasteiger partial charge in [-0.15, -0.1) is 0 Å². The van der Waals surface area contributed by atoms with Gasteiger partial charge in [-0.3, -0.25) is 14.6 Å². The summed E-state index contributed by atoms with van der Waals surface area (Å²) in [6, 6.07) is -0.594. The highest BCUT2D eigenvalue weighted by atomic mass is 16.2. The zero-order valence-electron chi connectivity index (χ0n) is 10.9. The fourth-order valence-electron chi connectivity index (χ4n) is 2.35. The van der Waals surface area contributed by atoms with Crippen molar-refractivity contribution >= 4 is 18.3 Å². The maximum Gasteiger partial charge on any atom is 0.328 e. The van der Waals surface area contributed by atoms with E-state index in [2.05, 4.69) is 10.3 Å². The zero-order valence-corrected chi connectivity index (χ0v) is 10.9. The summed E-state index contributed by atoms with van der Waals surface area (Å²) in [5.41, 5.74) is 0. The van der Waals surface area contributed by atoms with Gasteiger partial charge in [0.15, 0.2) is 6.17 Å².